The molecular formula is C13H15F3O3. The smallest absolute Gasteiger partial charge is 0.411 e. The first-order chi connectivity index (χ1) is 8.94. The number of carbonyl (C=O) groups is 1. The second-order valence-electron chi connectivity index (χ2n) is 3.88. The van der Waals surface area contributed by atoms with Gasteiger partial charge < -0.3 is 9.47 Å². The zero-order valence-electron chi connectivity index (χ0n) is 10.5. The van der Waals surface area contributed by atoms with Gasteiger partial charge in [-0.1, -0.05) is 19.1 Å². The first-order valence-electron chi connectivity index (χ1n) is 5.83. The number of alkyl halides is 3. The second-order valence-corrected chi connectivity index (χ2v) is 3.88. The van der Waals surface area contributed by atoms with Gasteiger partial charge in [0.2, 0.25) is 0 Å². The zero-order valence-corrected chi connectivity index (χ0v) is 10.5. The van der Waals surface area contributed by atoms with Crippen LogP contribution in [0.1, 0.15) is 23.7 Å². The molecule has 0 amide bonds. The van der Waals surface area contributed by atoms with Gasteiger partial charge in [0.05, 0.1) is 12.2 Å². The molecule has 1 aromatic rings. The predicted octanol–water partition coefficient (Wildman–Crippen LogP) is 3.24. The highest BCUT2D eigenvalue weighted by molar-refractivity contribution is 5.99. The molecule has 0 aliphatic heterocycles. The van der Waals surface area contributed by atoms with Crippen molar-refractivity contribution in [3.8, 4) is 5.75 Å². The number of halogens is 3. The van der Waals surface area contributed by atoms with Crippen LogP contribution in [0.15, 0.2) is 24.3 Å². The fourth-order valence-electron chi connectivity index (χ4n) is 1.37. The maximum atomic E-state index is 11.9. The monoisotopic (exact) mass is 276 g/mol. The quantitative estimate of drug-likeness (QED) is 0.717. The van der Waals surface area contributed by atoms with Crippen molar-refractivity contribution in [1.29, 1.82) is 0 Å². The van der Waals surface area contributed by atoms with E-state index in [1.807, 2.05) is 6.92 Å². The molecule has 3 nitrogen and oxygen atoms in total. The zero-order chi connectivity index (χ0) is 14.3. The van der Waals surface area contributed by atoms with Crippen LogP contribution in [0, 0.1) is 0 Å². The molecule has 0 radical (unpaired) electrons. The molecule has 0 atom stereocenters. The number of ether oxygens (including phenoxy) is 2. The second kappa shape index (κ2) is 7.13. The molecule has 0 aromatic heterocycles. The molecule has 1 rings (SSSR count). The lowest BCUT2D eigenvalue weighted by molar-refractivity contribution is -0.170. The Morgan fingerprint density at radius 1 is 1.26 bits per heavy atom. The Morgan fingerprint density at radius 3 is 2.58 bits per heavy atom. The average Bonchev–Trinajstić information content (AvgIpc) is 2.35. The van der Waals surface area contributed by atoms with Crippen LogP contribution >= 0.6 is 0 Å². The van der Waals surface area contributed by atoms with Crippen LogP contribution in [0.25, 0.3) is 0 Å². The molecule has 0 N–H and O–H groups in total. The number of Topliss-reactive ketones (excluding diaryl/α,β-unsaturated/α-hetero) is 1. The topological polar surface area (TPSA) is 35.5 Å². The van der Waals surface area contributed by atoms with Crippen LogP contribution in [0.3, 0.4) is 0 Å². The van der Waals surface area contributed by atoms with Crippen molar-refractivity contribution >= 4 is 5.78 Å². The van der Waals surface area contributed by atoms with Crippen molar-refractivity contribution in [2.45, 2.75) is 19.5 Å². The highest BCUT2D eigenvalue weighted by atomic mass is 19.4. The van der Waals surface area contributed by atoms with Crippen molar-refractivity contribution in [3.05, 3.63) is 29.8 Å². The van der Waals surface area contributed by atoms with Crippen LogP contribution < -0.4 is 4.74 Å². The van der Waals surface area contributed by atoms with E-state index in [2.05, 4.69) is 4.74 Å². The summed E-state index contributed by atoms with van der Waals surface area (Å²) in [7, 11) is 0. The maximum Gasteiger partial charge on any atom is 0.411 e. The molecule has 0 saturated heterocycles. The van der Waals surface area contributed by atoms with Crippen LogP contribution in [-0.2, 0) is 4.74 Å². The molecule has 0 saturated carbocycles. The fourth-order valence-corrected chi connectivity index (χ4v) is 1.37. The van der Waals surface area contributed by atoms with Gasteiger partial charge in [-0.25, -0.2) is 0 Å². The van der Waals surface area contributed by atoms with Crippen molar-refractivity contribution < 1.29 is 27.4 Å². The molecule has 0 unspecified atom stereocenters. The summed E-state index contributed by atoms with van der Waals surface area (Å²) >= 11 is 0. The molecule has 0 aliphatic carbocycles. The first kappa shape index (κ1) is 15.5. The average molecular weight is 276 g/mol. The third-order valence-electron chi connectivity index (χ3n) is 2.15. The SMILES string of the molecule is CCCOc1ccccc1C(=O)COCC(F)(F)F. The summed E-state index contributed by atoms with van der Waals surface area (Å²) < 4.78 is 45.4. The van der Waals surface area contributed by atoms with Crippen molar-refractivity contribution in [2.75, 3.05) is 19.8 Å². The van der Waals surface area contributed by atoms with Crippen molar-refractivity contribution in [1.82, 2.24) is 0 Å². The Labute approximate surface area is 109 Å². The van der Waals surface area contributed by atoms with Crippen molar-refractivity contribution in [3.63, 3.8) is 0 Å². The van der Waals surface area contributed by atoms with E-state index in [4.69, 9.17) is 4.74 Å². The van der Waals surface area contributed by atoms with E-state index in [1.54, 1.807) is 18.2 Å². The van der Waals surface area contributed by atoms with Gasteiger partial charge in [-0.2, -0.15) is 13.2 Å². The first-order valence-corrected chi connectivity index (χ1v) is 5.83. The Balaban J connectivity index is 2.61. The lowest BCUT2D eigenvalue weighted by Crippen LogP contribution is -2.20. The van der Waals surface area contributed by atoms with E-state index in [1.165, 1.54) is 6.07 Å². The Morgan fingerprint density at radius 2 is 1.95 bits per heavy atom. The normalized spacial score (nSPS) is 11.4. The molecule has 0 aliphatic rings. The minimum atomic E-state index is -4.43. The molecule has 0 spiro atoms. The molecular weight excluding hydrogens is 261 g/mol. The predicted molar refractivity (Wildman–Crippen MR) is 63.4 cm³/mol. The lowest BCUT2D eigenvalue weighted by atomic mass is 10.1. The van der Waals surface area contributed by atoms with Gasteiger partial charge in [0.1, 0.15) is 19.0 Å². The molecule has 0 heterocycles. The minimum absolute atomic E-state index is 0.234. The Hall–Kier alpha value is -1.56. The molecule has 106 valence electrons. The molecule has 0 bridgehead atoms. The molecule has 19 heavy (non-hydrogen) atoms. The van der Waals surface area contributed by atoms with Gasteiger partial charge >= 0.3 is 6.18 Å². The number of hydrogen-bond donors (Lipinski definition) is 0. The van der Waals surface area contributed by atoms with E-state index < -0.39 is 25.2 Å². The summed E-state index contributed by atoms with van der Waals surface area (Å²) in [4.78, 5) is 11.7. The number of rotatable bonds is 7. The van der Waals surface area contributed by atoms with Crippen LogP contribution in [0.2, 0.25) is 0 Å². The Bertz CT molecular complexity index is 416. The van der Waals surface area contributed by atoms with Gasteiger partial charge in [0.15, 0.2) is 5.78 Å². The summed E-state index contributed by atoms with van der Waals surface area (Å²) in [6, 6.07) is 6.42. The summed E-state index contributed by atoms with van der Waals surface area (Å²) in [5.74, 6) is -0.166. The number of carbonyl (C=O) groups excluding carboxylic acids is 1. The number of benzene rings is 1. The minimum Gasteiger partial charge on any atom is -0.493 e. The third kappa shape index (κ3) is 5.74. The van der Waals surface area contributed by atoms with Gasteiger partial charge in [-0.05, 0) is 18.6 Å². The standard InChI is InChI=1S/C13H15F3O3/c1-2-7-19-12-6-4-3-5-10(12)11(17)8-18-9-13(14,15)16/h3-6H,2,7-9H2,1H3. The van der Waals surface area contributed by atoms with E-state index in [-0.39, 0.29) is 5.56 Å². The van der Waals surface area contributed by atoms with Crippen LogP contribution in [0.5, 0.6) is 5.75 Å². The highest BCUT2D eigenvalue weighted by Crippen LogP contribution is 2.20. The lowest BCUT2D eigenvalue weighted by Gasteiger charge is -2.11. The van der Waals surface area contributed by atoms with Crippen LogP contribution in [0.4, 0.5) is 13.2 Å². The summed E-state index contributed by atoms with van der Waals surface area (Å²) in [6.07, 6.45) is -3.66. The van der Waals surface area contributed by atoms with E-state index in [0.29, 0.717) is 12.4 Å². The van der Waals surface area contributed by atoms with E-state index in [0.717, 1.165) is 6.42 Å². The number of ketones is 1. The molecule has 0 fully saturated rings. The summed E-state index contributed by atoms with van der Waals surface area (Å²) in [6.45, 7) is 0.299. The fraction of sp³-hybridized carbons (Fsp3) is 0.462. The van der Waals surface area contributed by atoms with Gasteiger partial charge in [0, 0.05) is 0 Å². The summed E-state index contributed by atoms with van der Waals surface area (Å²) in [5.41, 5.74) is 0.234. The molecule has 1 aromatic carbocycles. The number of para-hydroxylation sites is 1. The Kier molecular flexibility index (Phi) is 5.82. The van der Waals surface area contributed by atoms with Gasteiger partial charge in [0.25, 0.3) is 0 Å². The van der Waals surface area contributed by atoms with E-state index in [9.17, 15) is 18.0 Å². The van der Waals surface area contributed by atoms with Crippen LogP contribution in [-0.4, -0.2) is 31.8 Å². The van der Waals surface area contributed by atoms with Gasteiger partial charge in [-0.3, -0.25) is 4.79 Å². The van der Waals surface area contributed by atoms with Gasteiger partial charge in [-0.15, -0.1) is 0 Å². The highest BCUT2D eigenvalue weighted by Gasteiger charge is 2.28. The molecule has 6 heteroatoms. The summed E-state index contributed by atoms with van der Waals surface area (Å²) in [5, 5.41) is 0. The maximum absolute atomic E-state index is 11.9. The van der Waals surface area contributed by atoms with Crippen molar-refractivity contribution in [2.24, 2.45) is 0 Å². The largest absolute Gasteiger partial charge is 0.493 e. The third-order valence-corrected chi connectivity index (χ3v) is 2.15. The van der Waals surface area contributed by atoms with E-state index >= 15 is 0 Å². The number of hydrogen-bond acceptors (Lipinski definition) is 3.